The Morgan fingerprint density at radius 3 is 2.18 bits per heavy atom. The first-order chi connectivity index (χ1) is 10.2. The van der Waals surface area contributed by atoms with Crippen LogP contribution in [-0.2, 0) is 9.59 Å². The number of hydrogen-bond acceptors (Lipinski definition) is 3. The maximum absolute atomic E-state index is 11.9. The average Bonchev–Trinajstić information content (AvgIpc) is 2.40. The highest BCUT2D eigenvalue weighted by atomic mass is 16.2. The van der Waals surface area contributed by atoms with Crippen LogP contribution < -0.4 is 10.6 Å². The highest BCUT2D eigenvalue weighted by molar-refractivity contribution is 5.92. The van der Waals surface area contributed by atoms with Crippen molar-refractivity contribution in [1.29, 1.82) is 0 Å². The van der Waals surface area contributed by atoms with Gasteiger partial charge in [0.25, 0.3) is 0 Å². The van der Waals surface area contributed by atoms with Crippen molar-refractivity contribution >= 4 is 17.5 Å². The summed E-state index contributed by atoms with van der Waals surface area (Å²) in [6.45, 7) is 8.36. The van der Waals surface area contributed by atoms with Crippen LogP contribution in [0.3, 0.4) is 0 Å². The number of likely N-dealkylation sites (N-methyl/N-ethyl adjacent to an activating group) is 1. The van der Waals surface area contributed by atoms with Crippen molar-refractivity contribution in [3.05, 3.63) is 29.8 Å². The van der Waals surface area contributed by atoms with E-state index in [-0.39, 0.29) is 30.4 Å². The molecule has 2 amide bonds. The minimum Gasteiger partial charge on any atom is -0.350 e. The minimum atomic E-state index is -0.220. The van der Waals surface area contributed by atoms with Crippen LogP contribution in [0.5, 0.6) is 0 Å². The van der Waals surface area contributed by atoms with Crippen LogP contribution in [0.2, 0.25) is 0 Å². The molecule has 1 rings (SSSR count). The molecule has 0 atom stereocenters. The summed E-state index contributed by atoms with van der Waals surface area (Å²) < 4.78 is 0. The maximum atomic E-state index is 11.9. The van der Waals surface area contributed by atoms with E-state index in [4.69, 9.17) is 0 Å². The molecule has 0 unspecified atom stereocenters. The van der Waals surface area contributed by atoms with Gasteiger partial charge in [0, 0.05) is 11.2 Å². The summed E-state index contributed by atoms with van der Waals surface area (Å²) in [6, 6.07) is 7.62. The lowest BCUT2D eigenvalue weighted by Crippen LogP contribution is -2.47. The van der Waals surface area contributed by atoms with Gasteiger partial charge in [0.15, 0.2) is 0 Å². The summed E-state index contributed by atoms with van der Waals surface area (Å²) in [5, 5.41) is 5.77. The van der Waals surface area contributed by atoms with Gasteiger partial charge in [0.2, 0.25) is 11.8 Å². The molecule has 0 aliphatic rings. The Kier molecular flexibility index (Phi) is 6.56. The molecule has 122 valence electrons. The largest absolute Gasteiger partial charge is 0.350 e. The van der Waals surface area contributed by atoms with Crippen LogP contribution in [0.15, 0.2) is 24.3 Å². The van der Waals surface area contributed by atoms with Gasteiger partial charge in [-0.1, -0.05) is 24.6 Å². The summed E-state index contributed by atoms with van der Waals surface area (Å²) in [4.78, 5) is 25.6. The molecule has 5 heteroatoms. The zero-order valence-corrected chi connectivity index (χ0v) is 14.2. The van der Waals surface area contributed by atoms with Gasteiger partial charge in [-0.2, -0.15) is 0 Å². The van der Waals surface area contributed by atoms with Gasteiger partial charge < -0.3 is 10.6 Å². The fraction of sp³-hybridized carbons (Fsp3) is 0.529. The molecule has 0 bridgehead atoms. The summed E-state index contributed by atoms with van der Waals surface area (Å²) >= 11 is 0. The Bertz CT molecular complexity index is 509. The van der Waals surface area contributed by atoms with E-state index in [2.05, 4.69) is 10.6 Å². The average molecular weight is 305 g/mol. The molecule has 0 aliphatic carbocycles. The molecule has 0 aromatic heterocycles. The van der Waals surface area contributed by atoms with E-state index in [1.165, 1.54) is 0 Å². The Morgan fingerprint density at radius 1 is 1.09 bits per heavy atom. The third-order valence-electron chi connectivity index (χ3n) is 3.52. The van der Waals surface area contributed by atoms with E-state index in [0.717, 1.165) is 17.7 Å². The van der Waals surface area contributed by atoms with E-state index >= 15 is 0 Å². The molecular weight excluding hydrogens is 278 g/mol. The van der Waals surface area contributed by atoms with Crippen molar-refractivity contribution in [2.75, 3.05) is 25.5 Å². The second-order valence-electron chi connectivity index (χ2n) is 6.37. The highest BCUT2D eigenvalue weighted by Gasteiger charge is 2.19. The molecule has 0 fully saturated rings. The number of hydrogen-bond donors (Lipinski definition) is 2. The van der Waals surface area contributed by atoms with Gasteiger partial charge in [-0.3, -0.25) is 14.5 Å². The maximum Gasteiger partial charge on any atom is 0.238 e. The molecule has 0 saturated heterocycles. The molecule has 2 N–H and O–H groups in total. The normalized spacial score (nSPS) is 11.4. The van der Waals surface area contributed by atoms with E-state index in [9.17, 15) is 9.59 Å². The summed E-state index contributed by atoms with van der Waals surface area (Å²) in [6.07, 6.45) is 0.858. The molecule has 5 nitrogen and oxygen atoms in total. The van der Waals surface area contributed by atoms with Crippen LogP contribution in [0, 0.1) is 6.92 Å². The first-order valence-corrected chi connectivity index (χ1v) is 7.58. The molecule has 1 aromatic rings. The predicted molar refractivity (Wildman–Crippen MR) is 89.8 cm³/mol. The van der Waals surface area contributed by atoms with Gasteiger partial charge in [-0.25, -0.2) is 0 Å². The number of carbonyl (C=O) groups excluding carboxylic acids is 2. The summed E-state index contributed by atoms with van der Waals surface area (Å²) in [7, 11) is 1.76. The van der Waals surface area contributed by atoms with Crippen molar-refractivity contribution in [2.45, 2.75) is 39.7 Å². The highest BCUT2D eigenvalue weighted by Crippen LogP contribution is 2.08. The Hall–Kier alpha value is -1.88. The zero-order chi connectivity index (χ0) is 16.8. The number of aryl methyl sites for hydroxylation is 1. The lowest BCUT2D eigenvalue weighted by molar-refractivity contribution is -0.124. The predicted octanol–water partition coefficient (Wildman–Crippen LogP) is 2.17. The lowest BCUT2D eigenvalue weighted by atomic mass is 10.0. The minimum absolute atomic E-state index is 0.0718. The smallest absolute Gasteiger partial charge is 0.238 e. The van der Waals surface area contributed by atoms with Crippen LogP contribution in [0.4, 0.5) is 5.69 Å². The molecule has 22 heavy (non-hydrogen) atoms. The second-order valence-corrected chi connectivity index (χ2v) is 6.37. The van der Waals surface area contributed by atoms with Crippen molar-refractivity contribution in [3.63, 3.8) is 0 Å². The lowest BCUT2D eigenvalue weighted by Gasteiger charge is -2.26. The Balaban J connectivity index is 2.41. The number of rotatable bonds is 7. The molecule has 0 radical (unpaired) electrons. The van der Waals surface area contributed by atoms with E-state index in [0.29, 0.717) is 0 Å². The first kappa shape index (κ1) is 18.2. The van der Waals surface area contributed by atoms with E-state index in [1.807, 2.05) is 52.0 Å². The molecule has 0 saturated carbocycles. The van der Waals surface area contributed by atoms with Gasteiger partial charge in [0.1, 0.15) is 0 Å². The number of anilines is 1. The number of carbonyl (C=O) groups is 2. The summed E-state index contributed by atoms with van der Waals surface area (Å²) in [5.74, 6) is -0.202. The van der Waals surface area contributed by atoms with Gasteiger partial charge in [-0.05, 0) is 46.4 Å². The van der Waals surface area contributed by atoms with Crippen LogP contribution >= 0.6 is 0 Å². The van der Waals surface area contributed by atoms with Crippen LogP contribution in [0.25, 0.3) is 0 Å². The number of nitrogens with one attached hydrogen (secondary N) is 2. The third kappa shape index (κ3) is 6.72. The van der Waals surface area contributed by atoms with Crippen LogP contribution in [-0.4, -0.2) is 42.4 Å². The molecule has 1 aromatic carbocycles. The number of benzene rings is 1. The molecular formula is C17H27N3O2. The van der Waals surface area contributed by atoms with Crippen molar-refractivity contribution in [3.8, 4) is 0 Å². The molecule has 0 spiro atoms. The molecule has 0 heterocycles. The quantitative estimate of drug-likeness (QED) is 0.811. The van der Waals surface area contributed by atoms with Gasteiger partial charge in [0.05, 0.1) is 13.1 Å². The van der Waals surface area contributed by atoms with Crippen molar-refractivity contribution in [2.24, 2.45) is 0 Å². The van der Waals surface area contributed by atoms with Gasteiger partial charge in [-0.15, -0.1) is 0 Å². The first-order valence-electron chi connectivity index (χ1n) is 7.58. The standard InChI is InChI=1S/C17H27N3O2/c1-6-17(3,4)19-16(22)12-20(5)11-15(21)18-14-9-7-13(2)8-10-14/h7-10H,6,11-12H2,1-5H3,(H,18,21)(H,19,22). The number of amides is 2. The zero-order valence-electron chi connectivity index (χ0n) is 14.2. The van der Waals surface area contributed by atoms with Crippen molar-refractivity contribution < 1.29 is 9.59 Å². The van der Waals surface area contributed by atoms with Crippen molar-refractivity contribution in [1.82, 2.24) is 10.2 Å². The van der Waals surface area contributed by atoms with E-state index in [1.54, 1.807) is 11.9 Å². The Morgan fingerprint density at radius 2 is 1.64 bits per heavy atom. The second kappa shape index (κ2) is 7.94. The molecule has 0 aliphatic heterocycles. The SMILES string of the molecule is CCC(C)(C)NC(=O)CN(C)CC(=O)Nc1ccc(C)cc1. The van der Waals surface area contributed by atoms with Crippen LogP contribution in [0.1, 0.15) is 32.8 Å². The summed E-state index contributed by atoms with van der Waals surface area (Å²) in [5.41, 5.74) is 1.69. The monoisotopic (exact) mass is 305 g/mol. The fourth-order valence-electron chi connectivity index (χ4n) is 1.89. The van der Waals surface area contributed by atoms with E-state index < -0.39 is 0 Å². The number of nitrogens with zero attached hydrogens (tertiary/aromatic N) is 1. The fourth-order valence-corrected chi connectivity index (χ4v) is 1.89. The van der Waals surface area contributed by atoms with Gasteiger partial charge >= 0.3 is 0 Å². The topological polar surface area (TPSA) is 61.4 Å². The Labute approximate surface area is 133 Å². The third-order valence-corrected chi connectivity index (χ3v) is 3.52.